The molecule has 7 aliphatic rings. The molecule has 3 spiro atoms. The standard InChI is InChI=1S/C23H21ClN6O4.C19H17BrClN3O4.C18H13ClN6O2.C13H15NO3.C6H4BrClN2O2.C4H5N3/c1-22(2,3)34-21(33)29-11-23(13-6-4-5-7-16(13)29)28-19(31)18-14(24)10-15(20(32)30(18)23)27-17-8-9-25-12-26-17;1-18(2,3)28-17(27)23-9-19(10-6-4-5-7-13(10)23)22-15(25)14-12(21)8-11(20)16(26)24(14)19;19-11-7-13(23-14-5-6-20-9-22-14)17(27)25-15(11)16(26)24-18(25)8-21-12-4-2-1-3-10(12)18;1-13(2,3)17-12(16)14-8-11(15)9-6-4-5-7-10(9)14;7-2-1-3(8)4(5(9)11)10-6(2)12;5-4-1-2-6-3-7-4/h4-10,12H,11H2,1-3H3,(H,28,31)(H,25,26,27);4-8H,9H2,1-3H3,(H,22,25);1-7,9,21H,8H2,(H,24,26)(H,20,22,23);4-7H,8H2,1-3H3;1H,(H2,9,11)(H,10,12);1-3H,(H2,5,6,7). The largest absolute Gasteiger partial charge is 0.443 e. The van der Waals surface area contributed by atoms with Gasteiger partial charge in [0.1, 0.15) is 87.4 Å². The van der Waals surface area contributed by atoms with Crippen LogP contribution in [-0.4, -0.2) is 139 Å². The monoisotopic (exact) mass is 1900 g/mol. The van der Waals surface area contributed by atoms with E-state index in [9.17, 15) is 57.5 Å². The molecule has 644 valence electrons. The SMILES string of the molecule is CC(C)(C)OC(=O)N1CC(=O)c2ccccc21.CC(C)(C)OC(=O)N1CC2(NC(=O)c3c(Cl)cc(Br)c(=O)n32)c2ccccc21.CC(C)(C)OC(=O)N1CC2(NC(=O)c3c(Cl)cc(Nc4ccncn4)c(=O)n32)c2ccccc21.NC(=O)c1[nH]c(=O)c(Br)cc1Cl.Nc1ccncn1.O=C1NC2(CNc3ccccc32)n2c1c(Cl)cc(Nc1ccncn1)c2=O. The lowest BCUT2D eigenvalue weighted by atomic mass is 10.0. The van der Waals surface area contributed by atoms with E-state index in [1.165, 1.54) is 77.8 Å². The number of nitrogen functional groups attached to an aromatic ring is 1. The van der Waals surface area contributed by atoms with Crippen LogP contribution in [0.3, 0.4) is 0 Å². The Kier molecular flexibility index (Phi) is 25.1. The molecule has 125 heavy (non-hydrogen) atoms. The number of hydrogen-bond donors (Lipinski definition) is 9. The maximum Gasteiger partial charge on any atom is 0.415 e. The second-order valence-electron chi connectivity index (χ2n) is 31.2. The van der Waals surface area contributed by atoms with Crippen LogP contribution in [0.15, 0.2) is 205 Å². The Morgan fingerprint density at radius 1 is 0.472 bits per heavy atom. The van der Waals surface area contributed by atoms with E-state index in [0.717, 1.165) is 11.3 Å². The molecule has 0 saturated heterocycles. The Bertz CT molecular complexity index is 6470. The second kappa shape index (κ2) is 35.1. The molecule has 4 aromatic carbocycles. The quantitative estimate of drug-likeness (QED) is 0.0723. The number of nitrogens with zero attached hydrogens (tertiary/aromatic N) is 12. The molecule has 7 aliphatic heterocycles. The molecule has 14 heterocycles. The molecular weight excluding hydrogens is 1830 g/mol. The summed E-state index contributed by atoms with van der Waals surface area (Å²) in [6.45, 7) is 16.4. The molecule has 3 atom stereocenters. The van der Waals surface area contributed by atoms with Gasteiger partial charge in [0.25, 0.3) is 45.9 Å². The Morgan fingerprint density at radius 2 is 0.872 bits per heavy atom. The molecule has 0 saturated carbocycles. The number of Topliss-reactive ketones (excluding diaryl/α,β-unsaturated/α-hetero) is 1. The van der Waals surface area contributed by atoms with Crippen molar-refractivity contribution >= 4 is 178 Å². The Balaban J connectivity index is 0.000000136. The maximum absolute atomic E-state index is 13.7. The molecule has 36 nitrogen and oxygen atoms in total. The van der Waals surface area contributed by atoms with Crippen molar-refractivity contribution in [3.8, 4) is 0 Å². The van der Waals surface area contributed by atoms with Gasteiger partial charge in [-0.3, -0.25) is 71.6 Å². The van der Waals surface area contributed by atoms with Crippen LogP contribution in [0.1, 0.15) is 131 Å². The maximum atomic E-state index is 13.7. The first kappa shape index (κ1) is 89.4. The third-order valence-electron chi connectivity index (χ3n) is 19.3. The number of para-hydroxylation sites is 4. The van der Waals surface area contributed by atoms with Crippen molar-refractivity contribution in [3.63, 3.8) is 0 Å². The number of rotatable bonds is 5. The molecule has 7 amide bonds. The number of amides is 7. The third kappa shape index (κ3) is 18.1. The number of primary amides is 1. The summed E-state index contributed by atoms with van der Waals surface area (Å²) in [5.41, 5.74) is 8.45. The zero-order valence-electron chi connectivity index (χ0n) is 67.5. The minimum atomic E-state index is -1.36. The fraction of sp³-hybridized carbons (Fsp3) is 0.229. The molecule has 11 aromatic rings. The summed E-state index contributed by atoms with van der Waals surface area (Å²) in [4.78, 5) is 179. The highest BCUT2D eigenvalue weighted by atomic mass is 79.9. The molecule has 0 bridgehead atoms. The van der Waals surface area contributed by atoms with E-state index in [1.807, 2.05) is 24.3 Å². The van der Waals surface area contributed by atoms with Gasteiger partial charge in [0.2, 0.25) is 0 Å². The van der Waals surface area contributed by atoms with Crippen LogP contribution in [0.5, 0.6) is 0 Å². The summed E-state index contributed by atoms with van der Waals surface area (Å²) in [6.07, 6.45) is 7.19. The third-order valence-corrected chi connectivity index (χ3v) is 21.6. The van der Waals surface area contributed by atoms with Gasteiger partial charge in [0.15, 0.2) is 22.8 Å². The first-order valence-electron chi connectivity index (χ1n) is 37.7. The molecule has 11 N–H and O–H groups in total. The van der Waals surface area contributed by atoms with Crippen LogP contribution >= 0.6 is 78.3 Å². The predicted octanol–water partition coefficient (Wildman–Crippen LogP) is 12.2. The molecule has 7 aromatic heterocycles. The number of halogens is 6. The number of H-pyrrole nitrogens is 1. The number of carbonyl (C=O) groups is 8. The highest BCUT2D eigenvalue weighted by molar-refractivity contribution is 9.10. The van der Waals surface area contributed by atoms with Crippen LogP contribution in [-0.2, 0) is 31.2 Å². The molecule has 42 heteroatoms. The van der Waals surface area contributed by atoms with Crippen molar-refractivity contribution in [1.82, 2.24) is 64.5 Å². The zero-order chi connectivity index (χ0) is 90.3. The lowest BCUT2D eigenvalue weighted by Crippen LogP contribution is -2.52. The Hall–Kier alpha value is -13.4. The van der Waals surface area contributed by atoms with Crippen LogP contribution in [0.25, 0.3) is 0 Å². The number of benzene rings is 4. The van der Waals surface area contributed by atoms with Crippen LogP contribution in [0.4, 0.5) is 66.0 Å². The number of fused-ring (bicyclic) bond motifs is 13. The van der Waals surface area contributed by atoms with Gasteiger partial charge in [-0.05, 0) is 167 Å². The molecule has 0 aliphatic carbocycles. The van der Waals surface area contributed by atoms with E-state index in [0.29, 0.717) is 57.8 Å². The summed E-state index contributed by atoms with van der Waals surface area (Å²) in [7, 11) is 0. The van der Waals surface area contributed by atoms with Crippen LogP contribution < -0.4 is 80.3 Å². The van der Waals surface area contributed by atoms with E-state index in [2.05, 4.69) is 98.6 Å². The topological polar surface area (TPSA) is 474 Å². The smallest absolute Gasteiger partial charge is 0.415 e. The summed E-state index contributed by atoms with van der Waals surface area (Å²) < 4.78 is 20.9. The number of aromatic nitrogens is 10. The minimum Gasteiger partial charge on any atom is -0.443 e. The van der Waals surface area contributed by atoms with Crippen molar-refractivity contribution in [1.29, 1.82) is 0 Å². The Labute approximate surface area is 746 Å². The number of pyridine rings is 4. The second-order valence-corrected chi connectivity index (χ2v) is 34.6. The van der Waals surface area contributed by atoms with Crippen molar-refractivity contribution in [3.05, 3.63) is 293 Å². The van der Waals surface area contributed by atoms with Gasteiger partial charge in [-0.2, -0.15) is 0 Å². The molecule has 0 fully saturated rings. The number of carbonyl (C=O) groups excluding carboxylic acids is 8. The van der Waals surface area contributed by atoms with Gasteiger partial charge >= 0.3 is 18.3 Å². The van der Waals surface area contributed by atoms with E-state index in [-0.39, 0.29) is 100 Å². The van der Waals surface area contributed by atoms with Gasteiger partial charge in [-0.15, -0.1) is 0 Å². The van der Waals surface area contributed by atoms with Gasteiger partial charge < -0.3 is 62.6 Å². The van der Waals surface area contributed by atoms with E-state index in [4.69, 9.17) is 72.1 Å². The Morgan fingerprint density at radius 3 is 1.31 bits per heavy atom. The van der Waals surface area contributed by atoms with Crippen molar-refractivity contribution < 1.29 is 52.6 Å². The van der Waals surface area contributed by atoms with E-state index >= 15 is 0 Å². The predicted molar refractivity (Wildman–Crippen MR) is 473 cm³/mol. The fourth-order valence-electron chi connectivity index (χ4n) is 14.3. The van der Waals surface area contributed by atoms with Gasteiger partial charge in [-0.25, -0.2) is 44.3 Å². The summed E-state index contributed by atoms with van der Waals surface area (Å²) in [6, 6.07) is 39.2. The molecular formula is C83H75Br2Cl4N21O15. The molecule has 3 unspecified atom stereocenters. The number of nitrogens with two attached hydrogens (primary N) is 2. The minimum absolute atomic E-state index is 0.00664. The summed E-state index contributed by atoms with van der Waals surface area (Å²) in [5, 5.41) is 18.4. The van der Waals surface area contributed by atoms with E-state index < -0.39 is 86.5 Å². The lowest BCUT2D eigenvalue weighted by Gasteiger charge is -2.29. The average Bonchev–Trinajstić information content (AvgIpc) is 1.54. The van der Waals surface area contributed by atoms with Gasteiger partial charge in [-0.1, -0.05) is 113 Å². The first-order chi connectivity index (χ1) is 59.0. The van der Waals surface area contributed by atoms with E-state index in [1.54, 1.807) is 166 Å². The highest BCUT2D eigenvalue weighted by Crippen LogP contribution is 2.48. The number of nitrogens with one attached hydrogen (secondary N) is 7. The number of ether oxygens (including phenoxy) is 3. The van der Waals surface area contributed by atoms with Gasteiger partial charge in [0.05, 0.1) is 72.3 Å². The van der Waals surface area contributed by atoms with Crippen LogP contribution in [0.2, 0.25) is 20.1 Å². The summed E-state index contributed by atoms with van der Waals surface area (Å²) >= 11 is 30.9. The normalized spacial score (nSPS) is 17.2. The highest BCUT2D eigenvalue weighted by Gasteiger charge is 2.57. The molecule has 0 radical (unpaired) electrons. The van der Waals surface area contributed by atoms with Crippen molar-refractivity contribution in [2.45, 2.75) is 96.1 Å². The number of ketones is 1. The van der Waals surface area contributed by atoms with Crippen molar-refractivity contribution in [2.75, 3.05) is 62.6 Å². The fourth-order valence-corrected chi connectivity index (χ4v) is 16.4. The number of anilines is 9. The first-order valence-corrected chi connectivity index (χ1v) is 40.8. The summed E-state index contributed by atoms with van der Waals surface area (Å²) in [5.74, 6) is -0.838. The van der Waals surface area contributed by atoms with Crippen LogP contribution in [0, 0.1) is 0 Å². The number of aromatic amines is 1. The number of hydrogen-bond acceptors (Lipinski definition) is 25. The lowest BCUT2D eigenvalue weighted by molar-refractivity contribution is 0.0563. The van der Waals surface area contributed by atoms with Gasteiger partial charge in [0, 0.05) is 46.5 Å². The molecule has 18 rings (SSSR count). The van der Waals surface area contributed by atoms with Crippen molar-refractivity contribution in [2.24, 2.45) is 5.73 Å². The zero-order valence-corrected chi connectivity index (χ0v) is 73.7. The average molecular weight is 1910 g/mol.